The molecule has 1 amide bonds. The van der Waals surface area contributed by atoms with Gasteiger partial charge >= 0.3 is 11.3 Å². The number of carbonyl (C=O) groups excluding carboxylic acids is 1. The summed E-state index contributed by atoms with van der Waals surface area (Å²) in [6.45, 7) is 1.99. The average molecular weight is 393 g/mol. The number of anilines is 1. The van der Waals surface area contributed by atoms with Gasteiger partial charge in [0.05, 0.1) is 11.3 Å². The van der Waals surface area contributed by atoms with E-state index in [4.69, 9.17) is 0 Å². The van der Waals surface area contributed by atoms with E-state index in [0.717, 1.165) is 17.7 Å². The Morgan fingerprint density at radius 2 is 1.89 bits per heavy atom. The highest BCUT2D eigenvalue weighted by atomic mass is 32.2. The van der Waals surface area contributed by atoms with Crippen molar-refractivity contribution in [3.8, 4) is 11.3 Å². The van der Waals surface area contributed by atoms with E-state index in [0.29, 0.717) is 22.8 Å². The van der Waals surface area contributed by atoms with Crippen molar-refractivity contribution in [3.63, 3.8) is 0 Å². The van der Waals surface area contributed by atoms with Crippen molar-refractivity contribution in [3.05, 3.63) is 70.5 Å². The first-order chi connectivity index (χ1) is 13.7. The molecule has 0 saturated heterocycles. The Bertz CT molecular complexity index is 1080. The number of nitrogens with zero attached hydrogens (tertiary/aromatic N) is 3. The van der Waals surface area contributed by atoms with Gasteiger partial charge in [0.1, 0.15) is 0 Å². The van der Waals surface area contributed by atoms with Crippen LogP contribution in [-0.4, -0.2) is 22.2 Å². The maximum atomic E-state index is 13.2. The lowest BCUT2D eigenvalue weighted by Crippen LogP contribution is -2.60. The fraction of sp³-hybridized carbons (Fsp3) is 0.238. The van der Waals surface area contributed by atoms with Crippen molar-refractivity contribution in [1.82, 2.24) is 10.1 Å². The predicted molar refractivity (Wildman–Crippen MR) is 109 cm³/mol. The Kier molecular flexibility index (Phi) is 5.00. The number of aromatic nitrogens is 3. The maximum Gasteiger partial charge on any atom is 0.325 e. The molecular weight excluding hydrogens is 372 g/mol. The van der Waals surface area contributed by atoms with Gasteiger partial charge in [-0.05, 0) is 29.5 Å². The van der Waals surface area contributed by atoms with Crippen LogP contribution in [0.5, 0.6) is 0 Å². The summed E-state index contributed by atoms with van der Waals surface area (Å²) in [6, 6.07) is 17.2. The van der Waals surface area contributed by atoms with Gasteiger partial charge in [-0.1, -0.05) is 61.2 Å². The molecule has 1 atom stereocenters. The van der Waals surface area contributed by atoms with Gasteiger partial charge in [-0.15, -0.1) is 0 Å². The zero-order valence-corrected chi connectivity index (χ0v) is 16.6. The standard InChI is InChI=1S/C21H20N4O2S/c1-3-9-17(26)24-16-13-8-7-12-15(16)18-19(27)22-21(28-2)23-25(18)20(24)14-10-5-4-6-11-14/h4-8,10-13,20H,3,9H2,1-2H3/p+1/t20-/m1/s1. The number of benzene rings is 2. The van der Waals surface area contributed by atoms with Crippen LogP contribution in [0.2, 0.25) is 0 Å². The average Bonchev–Trinajstić information content (AvgIpc) is 2.73. The summed E-state index contributed by atoms with van der Waals surface area (Å²) < 4.78 is 1.69. The fourth-order valence-electron chi connectivity index (χ4n) is 3.59. The highest BCUT2D eigenvalue weighted by Crippen LogP contribution is 2.37. The molecule has 0 spiro atoms. The molecule has 1 N–H and O–H groups in total. The molecule has 1 aliphatic rings. The van der Waals surface area contributed by atoms with Gasteiger partial charge in [0.2, 0.25) is 11.1 Å². The lowest BCUT2D eigenvalue weighted by molar-refractivity contribution is -0.763. The molecule has 4 rings (SSSR count). The maximum absolute atomic E-state index is 13.2. The van der Waals surface area contributed by atoms with Crippen LogP contribution in [0.1, 0.15) is 31.5 Å². The van der Waals surface area contributed by atoms with Gasteiger partial charge in [0.25, 0.3) is 6.17 Å². The Hall–Kier alpha value is -2.93. The Balaban J connectivity index is 2.06. The number of fused-ring (bicyclic) bond motifs is 3. The van der Waals surface area contributed by atoms with Crippen LogP contribution in [0, 0.1) is 0 Å². The minimum atomic E-state index is -0.515. The lowest BCUT2D eigenvalue weighted by Gasteiger charge is -2.32. The number of para-hydroxylation sites is 1. The molecule has 142 valence electrons. The van der Waals surface area contributed by atoms with Crippen LogP contribution in [0.15, 0.2) is 64.5 Å². The van der Waals surface area contributed by atoms with E-state index in [-0.39, 0.29) is 11.5 Å². The number of hydrogen-bond acceptors (Lipinski definition) is 4. The van der Waals surface area contributed by atoms with Gasteiger partial charge in [0.15, 0.2) is 0 Å². The number of thioether (sulfide) groups is 1. The van der Waals surface area contributed by atoms with Crippen molar-refractivity contribution >= 4 is 23.4 Å². The van der Waals surface area contributed by atoms with Crippen LogP contribution >= 0.6 is 11.8 Å². The zero-order chi connectivity index (χ0) is 19.7. The van der Waals surface area contributed by atoms with E-state index in [1.807, 2.05) is 67.8 Å². The molecule has 0 unspecified atom stereocenters. The second-order valence-electron chi connectivity index (χ2n) is 6.57. The topological polar surface area (TPSA) is 69.9 Å². The SMILES string of the molecule is CCCC(=O)N1c2ccccc2-c2c(=O)[nH]c(SC)n[n+]2[C@@H]1c1ccccc1. The first-order valence-electron chi connectivity index (χ1n) is 9.22. The highest BCUT2D eigenvalue weighted by Gasteiger charge is 2.45. The molecule has 0 saturated carbocycles. The number of hydrogen-bond donors (Lipinski definition) is 1. The quantitative estimate of drug-likeness (QED) is 0.546. The molecule has 1 aliphatic heterocycles. The molecule has 0 radical (unpaired) electrons. The van der Waals surface area contributed by atoms with Crippen LogP contribution in [-0.2, 0) is 4.79 Å². The van der Waals surface area contributed by atoms with Gasteiger partial charge in [-0.3, -0.25) is 14.6 Å². The normalized spacial score (nSPS) is 15.1. The van der Waals surface area contributed by atoms with E-state index in [9.17, 15) is 9.59 Å². The first-order valence-corrected chi connectivity index (χ1v) is 10.4. The second kappa shape index (κ2) is 7.59. The van der Waals surface area contributed by atoms with Crippen LogP contribution in [0.25, 0.3) is 11.3 Å². The minimum Gasteiger partial charge on any atom is -0.291 e. The molecule has 6 nitrogen and oxygen atoms in total. The molecule has 2 heterocycles. The lowest BCUT2D eigenvalue weighted by atomic mass is 10.0. The summed E-state index contributed by atoms with van der Waals surface area (Å²) in [7, 11) is 0. The van der Waals surface area contributed by atoms with E-state index in [2.05, 4.69) is 10.1 Å². The smallest absolute Gasteiger partial charge is 0.291 e. The number of amides is 1. The number of H-pyrrole nitrogens is 1. The summed E-state index contributed by atoms with van der Waals surface area (Å²) >= 11 is 1.36. The van der Waals surface area contributed by atoms with Crippen LogP contribution in [0.3, 0.4) is 0 Å². The molecule has 3 aromatic rings. The van der Waals surface area contributed by atoms with Crippen molar-refractivity contribution in [2.45, 2.75) is 31.1 Å². The van der Waals surface area contributed by atoms with Gasteiger partial charge in [-0.25, -0.2) is 4.90 Å². The first kappa shape index (κ1) is 18.4. The Labute approximate surface area is 167 Å². The van der Waals surface area contributed by atoms with E-state index >= 15 is 0 Å². The number of carbonyl (C=O) groups is 1. The fourth-order valence-corrected chi connectivity index (χ4v) is 3.96. The highest BCUT2D eigenvalue weighted by molar-refractivity contribution is 7.98. The molecule has 7 heteroatoms. The minimum absolute atomic E-state index is 0.00902. The molecular formula is C21H21N4O2S+. The molecule has 0 bridgehead atoms. The van der Waals surface area contributed by atoms with E-state index in [1.165, 1.54) is 11.8 Å². The van der Waals surface area contributed by atoms with Crippen molar-refractivity contribution in [2.24, 2.45) is 0 Å². The zero-order valence-electron chi connectivity index (χ0n) is 15.8. The monoisotopic (exact) mass is 393 g/mol. The van der Waals surface area contributed by atoms with Crippen LogP contribution < -0.4 is 15.1 Å². The largest absolute Gasteiger partial charge is 0.325 e. The summed E-state index contributed by atoms with van der Waals surface area (Å²) in [5.41, 5.74) is 2.59. The second-order valence-corrected chi connectivity index (χ2v) is 7.37. The molecule has 0 aliphatic carbocycles. The van der Waals surface area contributed by atoms with E-state index < -0.39 is 6.17 Å². The number of rotatable bonds is 4. The third-order valence-corrected chi connectivity index (χ3v) is 5.35. The van der Waals surface area contributed by atoms with Gasteiger partial charge in [-0.2, -0.15) is 0 Å². The Morgan fingerprint density at radius 3 is 2.61 bits per heavy atom. The molecule has 1 aromatic heterocycles. The Morgan fingerprint density at radius 1 is 1.18 bits per heavy atom. The van der Waals surface area contributed by atoms with E-state index in [1.54, 1.807) is 9.58 Å². The molecule has 2 aromatic carbocycles. The summed E-state index contributed by atoms with van der Waals surface area (Å²) in [5, 5.41) is 5.18. The molecule has 28 heavy (non-hydrogen) atoms. The van der Waals surface area contributed by atoms with Gasteiger partial charge < -0.3 is 0 Å². The van der Waals surface area contributed by atoms with Crippen molar-refractivity contribution in [1.29, 1.82) is 0 Å². The third kappa shape index (κ3) is 3.01. The summed E-state index contributed by atoms with van der Waals surface area (Å²) in [4.78, 5) is 30.8. The van der Waals surface area contributed by atoms with Crippen molar-refractivity contribution in [2.75, 3.05) is 11.2 Å². The molecule has 0 fully saturated rings. The number of aromatic amines is 1. The third-order valence-electron chi connectivity index (χ3n) is 4.78. The number of nitrogens with one attached hydrogen (secondary N) is 1. The summed E-state index contributed by atoms with van der Waals surface area (Å²) in [5.74, 6) is 0.00902. The van der Waals surface area contributed by atoms with Gasteiger partial charge in [0, 0.05) is 17.1 Å². The van der Waals surface area contributed by atoms with Crippen molar-refractivity contribution < 1.29 is 9.48 Å². The van der Waals surface area contributed by atoms with Crippen LogP contribution in [0.4, 0.5) is 5.69 Å². The summed E-state index contributed by atoms with van der Waals surface area (Å²) in [6.07, 6.45) is 2.51. The predicted octanol–water partition coefficient (Wildman–Crippen LogP) is 3.14.